The van der Waals surface area contributed by atoms with E-state index < -0.39 is 0 Å². The second-order valence-electron chi connectivity index (χ2n) is 8.59. The zero-order chi connectivity index (χ0) is 22.1. The average molecular weight is 419 g/mol. The average Bonchev–Trinajstić information content (AvgIpc) is 3.04. The Bertz CT molecular complexity index is 1010. The van der Waals surface area contributed by atoms with Gasteiger partial charge in [-0.2, -0.15) is 0 Å². The van der Waals surface area contributed by atoms with E-state index in [4.69, 9.17) is 0 Å². The molecule has 0 saturated carbocycles. The van der Waals surface area contributed by atoms with Crippen molar-refractivity contribution in [2.75, 3.05) is 51.1 Å². The van der Waals surface area contributed by atoms with Crippen molar-refractivity contribution in [3.8, 4) is 0 Å². The minimum absolute atomic E-state index is 0.231. The van der Waals surface area contributed by atoms with Gasteiger partial charge in [0.1, 0.15) is 5.70 Å². The number of amides is 2. The third-order valence-corrected chi connectivity index (χ3v) is 6.31. The molecule has 2 aliphatic rings. The van der Waals surface area contributed by atoms with E-state index in [-0.39, 0.29) is 17.9 Å². The van der Waals surface area contributed by atoms with Gasteiger partial charge >= 0.3 is 0 Å². The van der Waals surface area contributed by atoms with Crippen molar-refractivity contribution in [3.05, 3.63) is 65.9 Å². The molecule has 2 aliphatic heterocycles. The Kier molecular flexibility index (Phi) is 5.83. The Hall–Kier alpha value is -3.12. The van der Waals surface area contributed by atoms with E-state index >= 15 is 0 Å². The van der Waals surface area contributed by atoms with Crippen LogP contribution in [-0.4, -0.2) is 68.9 Å². The zero-order valence-corrected chi connectivity index (χ0v) is 18.7. The van der Waals surface area contributed by atoms with Crippen LogP contribution in [0.15, 0.2) is 60.3 Å². The van der Waals surface area contributed by atoms with E-state index in [2.05, 4.69) is 11.9 Å². The fraction of sp³-hybridized carbons (Fsp3) is 0.360. The number of hydrogen-bond donors (Lipinski definition) is 0. The van der Waals surface area contributed by atoms with Crippen molar-refractivity contribution >= 4 is 28.8 Å². The second kappa shape index (κ2) is 8.55. The van der Waals surface area contributed by atoms with Crippen LogP contribution in [0.5, 0.6) is 0 Å². The van der Waals surface area contributed by atoms with Crippen LogP contribution in [0.3, 0.4) is 0 Å². The molecule has 0 unspecified atom stereocenters. The number of likely N-dealkylation sites (N-methyl/N-ethyl adjacent to an activating group) is 1. The minimum Gasteiger partial charge on any atom is -0.378 e. The monoisotopic (exact) mass is 418 g/mol. The van der Waals surface area contributed by atoms with Gasteiger partial charge in [0, 0.05) is 32.9 Å². The van der Waals surface area contributed by atoms with Crippen LogP contribution in [0.25, 0.3) is 5.57 Å². The van der Waals surface area contributed by atoms with Crippen molar-refractivity contribution in [1.29, 1.82) is 0 Å². The Morgan fingerprint density at radius 2 is 1.55 bits per heavy atom. The molecule has 1 saturated heterocycles. The molecule has 2 amide bonds. The van der Waals surface area contributed by atoms with Gasteiger partial charge in [-0.1, -0.05) is 36.4 Å². The van der Waals surface area contributed by atoms with Gasteiger partial charge in [-0.3, -0.25) is 9.59 Å². The molecule has 6 nitrogen and oxygen atoms in total. The number of carbonyl (C=O) groups excluding carboxylic acids is 2. The van der Waals surface area contributed by atoms with Gasteiger partial charge in [0.2, 0.25) is 0 Å². The zero-order valence-electron chi connectivity index (χ0n) is 18.7. The molecule has 0 bridgehead atoms. The maximum atomic E-state index is 13.7. The number of benzene rings is 2. The van der Waals surface area contributed by atoms with E-state index in [1.165, 1.54) is 4.90 Å². The number of likely N-dealkylation sites (tertiary alicyclic amines) is 1. The van der Waals surface area contributed by atoms with Gasteiger partial charge in [0.05, 0.1) is 11.3 Å². The number of hydrogen-bond acceptors (Lipinski definition) is 5. The van der Waals surface area contributed by atoms with Gasteiger partial charge < -0.3 is 14.7 Å². The molecule has 2 aromatic carbocycles. The molecule has 0 spiro atoms. The number of carbonyl (C=O) groups is 2. The highest BCUT2D eigenvalue weighted by molar-refractivity contribution is 6.45. The first-order valence-electron chi connectivity index (χ1n) is 10.8. The minimum atomic E-state index is -0.262. The summed E-state index contributed by atoms with van der Waals surface area (Å²) in [7, 11) is 7.97. The molecule has 4 rings (SSSR count). The Balaban J connectivity index is 1.77. The van der Waals surface area contributed by atoms with E-state index in [9.17, 15) is 9.59 Å². The van der Waals surface area contributed by atoms with Crippen LogP contribution in [0.4, 0.5) is 11.4 Å². The summed E-state index contributed by atoms with van der Waals surface area (Å²) in [5.74, 6) is -0.511. The lowest BCUT2D eigenvalue weighted by atomic mass is 10.0. The standard InChI is InChI=1S/C25H30N4O2/c1-26(2)20-11-8-12-21(17-20)29-24(30)22(18-9-6-5-7-10-18)23(25(29)31)28(4)19-13-15-27(3)16-14-19/h5-12,17,19H,13-16H2,1-4H3. The number of rotatable bonds is 5. The SMILES string of the molecule is CN1CCC(N(C)C2=C(c3ccccc3)C(=O)N(c3cccc(N(C)C)c3)C2=O)CC1. The number of imide groups is 1. The smallest absolute Gasteiger partial charge is 0.282 e. The van der Waals surface area contributed by atoms with Crippen molar-refractivity contribution < 1.29 is 9.59 Å². The van der Waals surface area contributed by atoms with Crippen LogP contribution in [-0.2, 0) is 9.59 Å². The number of nitrogens with zero attached hydrogens (tertiary/aromatic N) is 4. The fourth-order valence-electron chi connectivity index (χ4n) is 4.42. The number of anilines is 2. The molecule has 2 aromatic rings. The van der Waals surface area contributed by atoms with Gasteiger partial charge in [0.15, 0.2) is 0 Å². The van der Waals surface area contributed by atoms with Crippen LogP contribution < -0.4 is 9.80 Å². The normalized spacial score (nSPS) is 18.1. The lowest BCUT2D eigenvalue weighted by Crippen LogP contribution is -2.43. The largest absolute Gasteiger partial charge is 0.378 e. The van der Waals surface area contributed by atoms with E-state index in [1.807, 2.05) is 85.5 Å². The molecule has 0 atom stereocenters. The molecular weight excluding hydrogens is 388 g/mol. The Labute approximate surface area is 184 Å². The highest BCUT2D eigenvalue weighted by atomic mass is 16.2. The molecule has 31 heavy (non-hydrogen) atoms. The first kappa shape index (κ1) is 21.1. The summed E-state index contributed by atoms with van der Waals surface area (Å²) in [5, 5.41) is 0. The molecule has 162 valence electrons. The Morgan fingerprint density at radius 1 is 0.871 bits per heavy atom. The first-order chi connectivity index (χ1) is 14.9. The molecule has 0 aliphatic carbocycles. The van der Waals surface area contributed by atoms with Gasteiger partial charge in [-0.25, -0.2) is 4.90 Å². The number of piperidine rings is 1. The van der Waals surface area contributed by atoms with Crippen molar-refractivity contribution in [2.45, 2.75) is 18.9 Å². The lowest BCUT2D eigenvalue weighted by Gasteiger charge is -2.36. The molecule has 2 heterocycles. The van der Waals surface area contributed by atoms with Gasteiger partial charge in [0.25, 0.3) is 11.8 Å². The van der Waals surface area contributed by atoms with Gasteiger partial charge in [-0.05, 0) is 56.7 Å². The van der Waals surface area contributed by atoms with E-state index in [0.29, 0.717) is 17.0 Å². The fourth-order valence-corrected chi connectivity index (χ4v) is 4.42. The maximum Gasteiger partial charge on any atom is 0.282 e. The van der Waals surface area contributed by atoms with Crippen LogP contribution >= 0.6 is 0 Å². The quantitative estimate of drug-likeness (QED) is 0.699. The summed E-state index contributed by atoms with van der Waals surface area (Å²) in [6.07, 6.45) is 1.94. The molecule has 0 radical (unpaired) electrons. The predicted octanol–water partition coefficient (Wildman–Crippen LogP) is 3.06. The first-order valence-corrected chi connectivity index (χ1v) is 10.8. The third kappa shape index (κ3) is 3.95. The van der Waals surface area contributed by atoms with Crippen molar-refractivity contribution in [1.82, 2.24) is 9.80 Å². The van der Waals surface area contributed by atoms with Crippen molar-refractivity contribution in [3.63, 3.8) is 0 Å². The summed E-state index contributed by atoms with van der Waals surface area (Å²) >= 11 is 0. The molecule has 6 heteroatoms. The predicted molar refractivity (Wildman–Crippen MR) is 125 cm³/mol. The lowest BCUT2D eigenvalue weighted by molar-refractivity contribution is -0.120. The molecule has 0 N–H and O–H groups in total. The topological polar surface area (TPSA) is 47.1 Å². The van der Waals surface area contributed by atoms with E-state index in [0.717, 1.165) is 37.2 Å². The Morgan fingerprint density at radius 3 is 2.19 bits per heavy atom. The van der Waals surface area contributed by atoms with Crippen LogP contribution in [0.1, 0.15) is 18.4 Å². The summed E-state index contributed by atoms with van der Waals surface area (Å²) in [5.41, 5.74) is 3.31. The van der Waals surface area contributed by atoms with E-state index in [1.54, 1.807) is 0 Å². The summed E-state index contributed by atoms with van der Waals surface area (Å²) < 4.78 is 0. The molecule has 0 aromatic heterocycles. The highest BCUT2D eigenvalue weighted by Gasteiger charge is 2.43. The maximum absolute atomic E-state index is 13.7. The van der Waals surface area contributed by atoms with Crippen molar-refractivity contribution in [2.24, 2.45) is 0 Å². The summed E-state index contributed by atoms with van der Waals surface area (Å²) in [4.78, 5) is 35.0. The summed E-state index contributed by atoms with van der Waals surface area (Å²) in [6.45, 7) is 1.97. The van der Waals surface area contributed by atoms with Crippen LogP contribution in [0.2, 0.25) is 0 Å². The van der Waals surface area contributed by atoms with Crippen LogP contribution in [0, 0.1) is 0 Å². The molecule has 1 fully saturated rings. The second-order valence-corrected chi connectivity index (χ2v) is 8.59. The molecular formula is C25H30N4O2. The third-order valence-electron chi connectivity index (χ3n) is 6.31. The summed E-state index contributed by atoms with van der Waals surface area (Å²) in [6, 6.07) is 17.3. The highest BCUT2D eigenvalue weighted by Crippen LogP contribution is 2.36. The van der Waals surface area contributed by atoms with Gasteiger partial charge in [-0.15, -0.1) is 0 Å².